The van der Waals surface area contributed by atoms with Crippen LogP contribution in [0.2, 0.25) is 0 Å². The topological polar surface area (TPSA) is 55.1 Å². The van der Waals surface area contributed by atoms with Gasteiger partial charge in [-0.1, -0.05) is 20.8 Å². The van der Waals surface area contributed by atoms with Gasteiger partial charge in [0.2, 0.25) is 0 Å². The number of carboxylic acids is 1. The van der Waals surface area contributed by atoms with Crippen LogP contribution in [-0.2, 0) is 6.42 Å². The molecule has 0 bridgehead atoms. The second-order valence-electron chi connectivity index (χ2n) is 6.14. The summed E-state index contributed by atoms with van der Waals surface area (Å²) in [6.07, 6.45) is 3.00. The second-order valence-corrected chi connectivity index (χ2v) is 6.14. The molecule has 21 heavy (non-hydrogen) atoms. The molecule has 1 aromatic carbocycles. The number of hydrogen-bond acceptors (Lipinski definition) is 2. The van der Waals surface area contributed by atoms with E-state index >= 15 is 0 Å². The number of benzene rings is 1. The van der Waals surface area contributed by atoms with E-state index in [2.05, 4.69) is 32.3 Å². The van der Waals surface area contributed by atoms with Crippen molar-refractivity contribution in [2.75, 3.05) is 0 Å². The first-order valence-electron chi connectivity index (χ1n) is 7.68. The molecule has 2 aromatic rings. The van der Waals surface area contributed by atoms with Crippen LogP contribution in [0.15, 0.2) is 18.2 Å². The molecule has 114 valence electrons. The first-order valence-corrected chi connectivity index (χ1v) is 7.68. The van der Waals surface area contributed by atoms with E-state index in [-0.39, 0.29) is 0 Å². The Labute approximate surface area is 125 Å². The summed E-state index contributed by atoms with van der Waals surface area (Å²) in [4.78, 5) is 15.9. The Bertz CT molecular complexity index is 644. The van der Waals surface area contributed by atoms with Crippen molar-refractivity contribution >= 4 is 17.0 Å². The number of carboxylic acid groups (broad SMARTS) is 1. The summed E-state index contributed by atoms with van der Waals surface area (Å²) in [6.45, 7) is 8.74. The number of aryl methyl sites for hydroxylation is 1. The summed E-state index contributed by atoms with van der Waals surface area (Å²) >= 11 is 0. The van der Waals surface area contributed by atoms with E-state index in [1.54, 1.807) is 12.1 Å². The zero-order chi connectivity index (χ0) is 15.6. The van der Waals surface area contributed by atoms with E-state index in [9.17, 15) is 9.90 Å². The predicted molar refractivity (Wildman–Crippen MR) is 84.9 cm³/mol. The van der Waals surface area contributed by atoms with Crippen molar-refractivity contribution in [1.29, 1.82) is 0 Å². The van der Waals surface area contributed by atoms with Crippen molar-refractivity contribution in [3.05, 3.63) is 29.6 Å². The molecule has 4 heteroatoms. The van der Waals surface area contributed by atoms with Crippen LogP contribution in [0, 0.1) is 5.92 Å². The quantitative estimate of drug-likeness (QED) is 0.862. The van der Waals surface area contributed by atoms with Crippen molar-refractivity contribution in [1.82, 2.24) is 9.55 Å². The number of imidazole rings is 1. The molecule has 1 aromatic heterocycles. The van der Waals surface area contributed by atoms with Gasteiger partial charge in [-0.05, 0) is 43.9 Å². The molecule has 0 aliphatic rings. The normalized spacial score (nSPS) is 13.0. The Morgan fingerprint density at radius 1 is 1.33 bits per heavy atom. The summed E-state index contributed by atoms with van der Waals surface area (Å²) in [5.74, 6) is 0.760. The molecule has 1 heterocycles. The standard InChI is InChI=1S/C17H24N2O2/c1-5-6-16-18-14-8-7-13(17(20)21)10-15(14)19(16)12(4)9-11(2)3/h7-8,10-12H,5-6,9H2,1-4H3,(H,20,21). The molecule has 0 spiro atoms. The van der Waals surface area contributed by atoms with E-state index < -0.39 is 5.97 Å². The monoisotopic (exact) mass is 288 g/mol. The minimum absolute atomic E-state index is 0.320. The lowest BCUT2D eigenvalue weighted by Gasteiger charge is -2.19. The average molecular weight is 288 g/mol. The maximum atomic E-state index is 11.2. The van der Waals surface area contributed by atoms with Gasteiger partial charge < -0.3 is 9.67 Å². The van der Waals surface area contributed by atoms with E-state index in [0.717, 1.165) is 36.1 Å². The van der Waals surface area contributed by atoms with E-state index in [1.807, 2.05) is 6.07 Å². The largest absolute Gasteiger partial charge is 0.478 e. The van der Waals surface area contributed by atoms with E-state index in [1.165, 1.54) is 0 Å². The number of fused-ring (bicyclic) bond motifs is 1. The molecule has 1 N–H and O–H groups in total. The fraction of sp³-hybridized carbons (Fsp3) is 0.529. The molecular weight excluding hydrogens is 264 g/mol. The number of carbonyl (C=O) groups is 1. The number of aromatic carboxylic acids is 1. The second kappa shape index (κ2) is 6.29. The Morgan fingerprint density at radius 3 is 2.62 bits per heavy atom. The van der Waals surface area contributed by atoms with Crippen molar-refractivity contribution in [3.8, 4) is 0 Å². The fourth-order valence-corrected chi connectivity index (χ4v) is 2.96. The van der Waals surface area contributed by atoms with Crippen LogP contribution in [0.3, 0.4) is 0 Å². The Kier molecular flexibility index (Phi) is 4.66. The van der Waals surface area contributed by atoms with Gasteiger partial charge in [-0.2, -0.15) is 0 Å². The first-order chi connectivity index (χ1) is 9.93. The third kappa shape index (κ3) is 3.26. The smallest absolute Gasteiger partial charge is 0.335 e. The zero-order valence-electron chi connectivity index (χ0n) is 13.3. The molecule has 0 radical (unpaired) electrons. The number of rotatable bonds is 6. The highest BCUT2D eigenvalue weighted by atomic mass is 16.4. The van der Waals surface area contributed by atoms with Gasteiger partial charge in [-0.3, -0.25) is 0 Å². The average Bonchev–Trinajstić information content (AvgIpc) is 2.75. The van der Waals surface area contributed by atoms with E-state index in [0.29, 0.717) is 17.5 Å². The van der Waals surface area contributed by atoms with Gasteiger partial charge in [0.1, 0.15) is 5.82 Å². The zero-order valence-corrected chi connectivity index (χ0v) is 13.3. The molecule has 4 nitrogen and oxygen atoms in total. The van der Waals surface area contributed by atoms with E-state index in [4.69, 9.17) is 4.98 Å². The molecule has 1 atom stereocenters. The van der Waals surface area contributed by atoms with Crippen LogP contribution < -0.4 is 0 Å². The van der Waals surface area contributed by atoms with Crippen LogP contribution in [-0.4, -0.2) is 20.6 Å². The Hall–Kier alpha value is -1.84. The fourth-order valence-electron chi connectivity index (χ4n) is 2.96. The summed E-state index contributed by atoms with van der Waals surface area (Å²) in [6, 6.07) is 5.52. The molecular formula is C17H24N2O2. The molecule has 0 amide bonds. The van der Waals surface area contributed by atoms with Crippen molar-refractivity contribution in [2.45, 2.75) is 53.0 Å². The van der Waals surface area contributed by atoms with Gasteiger partial charge in [0.05, 0.1) is 16.6 Å². The van der Waals surface area contributed by atoms with Crippen LogP contribution in [0.4, 0.5) is 0 Å². The predicted octanol–water partition coefficient (Wildman–Crippen LogP) is 4.29. The van der Waals surface area contributed by atoms with Crippen molar-refractivity contribution in [3.63, 3.8) is 0 Å². The lowest BCUT2D eigenvalue weighted by Crippen LogP contribution is -2.12. The van der Waals surface area contributed by atoms with Gasteiger partial charge in [0, 0.05) is 12.5 Å². The lowest BCUT2D eigenvalue weighted by molar-refractivity contribution is 0.0697. The highest BCUT2D eigenvalue weighted by molar-refractivity contribution is 5.92. The lowest BCUT2D eigenvalue weighted by atomic mass is 10.0. The van der Waals surface area contributed by atoms with Crippen LogP contribution in [0.1, 0.15) is 62.8 Å². The molecule has 0 aliphatic heterocycles. The molecule has 2 rings (SSSR count). The molecule has 0 fully saturated rings. The minimum atomic E-state index is -0.891. The first kappa shape index (κ1) is 15.5. The van der Waals surface area contributed by atoms with Crippen molar-refractivity contribution in [2.24, 2.45) is 5.92 Å². The van der Waals surface area contributed by atoms with Crippen molar-refractivity contribution < 1.29 is 9.90 Å². The Balaban J connectivity index is 2.58. The third-order valence-corrected chi connectivity index (χ3v) is 3.74. The molecule has 1 unspecified atom stereocenters. The summed E-state index contributed by atoms with van der Waals surface area (Å²) in [5, 5.41) is 9.20. The van der Waals surface area contributed by atoms with Gasteiger partial charge in [-0.15, -0.1) is 0 Å². The molecule has 0 saturated carbocycles. The summed E-state index contributed by atoms with van der Waals surface area (Å²) in [5.41, 5.74) is 2.15. The number of nitrogens with zero attached hydrogens (tertiary/aromatic N) is 2. The summed E-state index contributed by atoms with van der Waals surface area (Å²) in [7, 11) is 0. The van der Waals surface area contributed by atoms with Crippen LogP contribution in [0.25, 0.3) is 11.0 Å². The van der Waals surface area contributed by atoms with Gasteiger partial charge in [0.15, 0.2) is 0 Å². The maximum Gasteiger partial charge on any atom is 0.335 e. The minimum Gasteiger partial charge on any atom is -0.478 e. The Morgan fingerprint density at radius 2 is 2.05 bits per heavy atom. The van der Waals surface area contributed by atoms with Crippen LogP contribution in [0.5, 0.6) is 0 Å². The number of hydrogen-bond donors (Lipinski definition) is 1. The van der Waals surface area contributed by atoms with Crippen LogP contribution >= 0.6 is 0 Å². The SMILES string of the molecule is CCCc1nc2ccc(C(=O)O)cc2n1C(C)CC(C)C. The third-order valence-electron chi connectivity index (χ3n) is 3.74. The van der Waals surface area contributed by atoms with Gasteiger partial charge >= 0.3 is 5.97 Å². The number of aromatic nitrogens is 2. The maximum absolute atomic E-state index is 11.2. The molecule has 0 saturated heterocycles. The van der Waals surface area contributed by atoms with Gasteiger partial charge in [-0.25, -0.2) is 9.78 Å². The highest BCUT2D eigenvalue weighted by Crippen LogP contribution is 2.27. The highest BCUT2D eigenvalue weighted by Gasteiger charge is 2.17. The molecule has 0 aliphatic carbocycles. The summed E-state index contributed by atoms with van der Waals surface area (Å²) < 4.78 is 2.23. The van der Waals surface area contributed by atoms with Gasteiger partial charge in [0.25, 0.3) is 0 Å².